The number of carbonyl (C=O) groups excluding carboxylic acids is 1. The highest BCUT2D eigenvalue weighted by molar-refractivity contribution is 5.87. The van der Waals surface area contributed by atoms with Gasteiger partial charge in [0, 0.05) is 18.3 Å². The molecule has 5 N–H and O–H groups in total. The molecule has 106 valence electrons. The van der Waals surface area contributed by atoms with Gasteiger partial charge in [0.25, 0.3) is 0 Å². The first-order chi connectivity index (χ1) is 8.97. The third-order valence-corrected chi connectivity index (χ3v) is 2.33. The van der Waals surface area contributed by atoms with E-state index >= 15 is 0 Å². The number of urea groups is 1. The molecule has 0 aliphatic carbocycles. The largest absolute Gasteiger partial charge is 0.491 e. The number of hydrogen-bond donors (Lipinski definition) is 4. The zero-order valence-electron chi connectivity index (χ0n) is 11.2. The second-order valence-corrected chi connectivity index (χ2v) is 4.54. The fourth-order valence-corrected chi connectivity index (χ4v) is 1.40. The monoisotopic (exact) mass is 267 g/mol. The first-order valence-electron chi connectivity index (χ1n) is 6.18. The predicted molar refractivity (Wildman–Crippen MR) is 74.3 cm³/mol. The van der Waals surface area contributed by atoms with Crippen molar-refractivity contribution in [2.24, 2.45) is 5.73 Å². The van der Waals surface area contributed by atoms with Gasteiger partial charge in [-0.05, 0) is 24.3 Å². The van der Waals surface area contributed by atoms with E-state index < -0.39 is 12.1 Å². The van der Waals surface area contributed by atoms with Gasteiger partial charge in [-0.3, -0.25) is 0 Å². The Hall–Kier alpha value is -1.79. The van der Waals surface area contributed by atoms with Crippen LogP contribution in [0.1, 0.15) is 13.8 Å². The number of aliphatic hydroxyl groups excluding tert-OH is 1. The van der Waals surface area contributed by atoms with Crippen LogP contribution < -0.4 is 21.1 Å². The van der Waals surface area contributed by atoms with Gasteiger partial charge in [0.15, 0.2) is 0 Å². The van der Waals surface area contributed by atoms with E-state index in [-0.39, 0.29) is 6.61 Å². The first-order valence-corrected chi connectivity index (χ1v) is 6.18. The van der Waals surface area contributed by atoms with Crippen LogP contribution in [0.2, 0.25) is 0 Å². The fourth-order valence-electron chi connectivity index (χ4n) is 1.40. The molecule has 0 heterocycles. The van der Waals surface area contributed by atoms with Crippen molar-refractivity contribution in [3.05, 3.63) is 24.3 Å². The lowest BCUT2D eigenvalue weighted by Gasteiger charge is -2.15. The molecule has 0 radical (unpaired) electrons. The molecule has 0 saturated heterocycles. The molecule has 1 aromatic rings. The van der Waals surface area contributed by atoms with Crippen molar-refractivity contribution >= 4 is 11.7 Å². The molecule has 0 unspecified atom stereocenters. The third kappa shape index (κ3) is 6.64. The molecular weight excluding hydrogens is 246 g/mol. The highest BCUT2D eigenvalue weighted by Crippen LogP contribution is 2.15. The molecule has 1 rings (SSSR count). The van der Waals surface area contributed by atoms with Gasteiger partial charge < -0.3 is 26.2 Å². The topological polar surface area (TPSA) is 96.6 Å². The van der Waals surface area contributed by atoms with Crippen LogP contribution in [0.4, 0.5) is 10.5 Å². The SMILES string of the molecule is CC(C)NC[C@H](O)COc1ccc(NC(N)=O)cc1. The number of nitrogens with two attached hydrogens (primary N) is 1. The molecule has 0 saturated carbocycles. The van der Waals surface area contributed by atoms with Gasteiger partial charge in [0.05, 0.1) is 0 Å². The Labute approximate surface area is 112 Å². The van der Waals surface area contributed by atoms with Crippen LogP contribution in [0.5, 0.6) is 5.75 Å². The summed E-state index contributed by atoms with van der Waals surface area (Å²) in [6, 6.07) is 6.48. The summed E-state index contributed by atoms with van der Waals surface area (Å²) in [5.74, 6) is 0.624. The maximum Gasteiger partial charge on any atom is 0.316 e. The minimum absolute atomic E-state index is 0.211. The van der Waals surface area contributed by atoms with Crippen molar-refractivity contribution in [3.8, 4) is 5.75 Å². The van der Waals surface area contributed by atoms with Gasteiger partial charge in [-0.25, -0.2) is 4.79 Å². The number of nitrogens with one attached hydrogen (secondary N) is 2. The number of primary amides is 1. The lowest BCUT2D eigenvalue weighted by Crippen LogP contribution is -2.35. The Kier molecular flexibility index (Phi) is 6.11. The summed E-state index contributed by atoms with van der Waals surface area (Å²) in [5.41, 5.74) is 5.60. The molecule has 19 heavy (non-hydrogen) atoms. The summed E-state index contributed by atoms with van der Waals surface area (Å²) in [6.45, 7) is 4.72. The van der Waals surface area contributed by atoms with E-state index in [1.807, 2.05) is 13.8 Å². The summed E-state index contributed by atoms with van der Waals surface area (Å²) in [5, 5.41) is 15.2. The molecule has 6 nitrogen and oxygen atoms in total. The first kappa shape index (κ1) is 15.3. The molecule has 0 bridgehead atoms. The van der Waals surface area contributed by atoms with E-state index in [9.17, 15) is 9.90 Å². The van der Waals surface area contributed by atoms with Crippen molar-refractivity contribution in [1.82, 2.24) is 5.32 Å². The molecule has 6 heteroatoms. The van der Waals surface area contributed by atoms with Gasteiger partial charge >= 0.3 is 6.03 Å². The van der Waals surface area contributed by atoms with Crippen LogP contribution >= 0.6 is 0 Å². The molecule has 1 aromatic carbocycles. The Morgan fingerprint density at radius 3 is 2.53 bits per heavy atom. The van der Waals surface area contributed by atoms with Crippen molar-refractivity contribution in [3.63, 3.8) is 0 Å². The number of anilines is 1. The van der Waals surface area contributed by atoms with Crippen LogP contribution in [0.15, 0.2) is 24.3 Å². The van der Waals surface area contributed by atoms with E-state index in [4.69, 9.17) is 10.5 Å². The van der Waals surface area contributed by atoms with E-state index in [2.05, 4.69) is 10.6 Å². The molecule has 0 aliphatic rings. The molecule has 0 aliphatic heterocycles. The van der Waals surface area contributed by atoms with Crippen LogP contribution in [0.3, 0.4) is 0 Å². The molecule has 0 fully saturated rings. The second kappa shape index (κ2) is 7.60. The van der Waals surface area contributed by atoms with E-state index in [1.165, 1.54) is 0 Å². The number of hydrogen-bond acceptors (Lipinski definition) is 4. The average molecular weight is 267 g/mol. The van der Waals surface area contributed by atoms with E-state index in [0.717, 1.165) is 0 Å². The minimum atomic E-state index is -0.608. The Balaban J connectivity index is 2.35. The molecule has 1 atom stereocenters. The summed E-state index contributed by atoms with van der Waals surface area (Å²) in [7, 11) is 0. The normalized spacial score (nSPS) is 12.2. The number of amides is 2. The Bertz CT molecular complexity index is 393. The average Bonchev–Trinajstić information content (AvgIpc) is 2.35. The Morgan fingerprint density at radius 2 is 2.00 bits per heavy atom. The fraction of sp³-hybridized carbons (Fsp3) is 0.462. The smallest absolute Gasteiger partial charge is 0.316 e. The van der Waals surface area contributed by atoms with Crippen molar-refractivity contribution in [2.75, 3.05) is 18.5 Å². The maximum atomic E-state index is 10.6. The lowest BCUT2D eigenvalue weighted by molar-refractivity contribution is 0.104. The van der Waals surface area contributed by atoms with Crippen LogP contribution in [0, 0.1) is 0 Å². The lowest BCUT2D eigenvalue weighted by atomic mass is 10.3. The summed E-state index contributed by atoms with van der Waals surface area (Å²) >= 11 is 0. The van der Waals surface area contributed by atoms with Crippen molar-refractivity contribution < 1.29 is 14.6 Å². The molecule has 2 amide bonds. The highest BCUT2D eigenvalue weighted by Gasteiger charge is 2.06. The Morgan fingerprint density at radius 1 is 1.37 bits per heavy atom. The molecule has 0 spiro atoms. The van der Waals surface area contributed by atoms with Gasteiger partial charge in [0.1, 0.15) is 18.5 Å². The van der Waals surface area contributed by atoms with Gasteiger partial charge in [-0.15, -0.1) is 0 Å². The predicted octanol–water partition coefficient (Wildman–Crippen LogP) is 0.915. The molecular formula is C13H21N3O3. The maximum absolute atomic E-state index is 10.6. The number of carbonyl (C=O) groups is 1. The van der Waals surface area contributed by atoms with Crippen LogP contribution in [-0.4, -0.2) is 36.4 Å². The standard InChI is InChI=1S/C13H21N3O3/c1-9(2)15-7-11(17)8-19-12-5-3-10(4-6-12)16-13(14)18/h3-6,9,11,15,17H,7-8H2,1-2H3,(H3,14,16,18)/t11-/m0/s1. The number of rotatable bonds is 7. The second-order valence-electron chi connectivity index (χ2n) is 4.54. The minimum Gasteiger partial charge on any atom is -0.491 e. The summed E-state index contributed by atoms with van der Waals surface area (Å²) in [4.78, 5) is 10.6. The number of aliphatic hydroxyl groups is 1. The highest BCUT2D eigenvalue weighted by atomic mass is 16.5. The van der Waals surface area contributed by atoms with Crippen LogP contribution in [0.25, 0.3) is 0 Å². The summed E-state index contributed by atoms with van der Waals surface area (Å²) < 4.78 is 5.43. The summed E-state index contributed by atoms with van der Waals surface area (Å²) in [6.07, 6.45) is -0.564. The van der Waals surface area contributed by atoms with Crippen molar-refractivity contribution in [2.45, 2.75) is 26.0 Å². The van der Waals surface area contributed by atoms with Gasteiger partial charge in [-0.2, -0.15) is 0 Å². The molecule has 0 aromatic heterocycles. The quantitative estimate of drug-likeness (QED) is 0.590. The van der Waals surface area contributed by atoms with Crippen LogP contribution in [-0.2, 0) is 0 Å². The zero-order chi connectivity index (χ0) is 14.3. The van der Waals surface area contributed by atoms with E-state index in [0.29, 0.717) is 24.0 Å². The van der Waals surface area contributed by atoms with Gasteiger partial charge in [-0.1, -0.05) is 13.8 Å². The number of benzene rings is 1. The van der Waals surface area contributed by atoms with Crippen molar-refractivity contribution in [1.29, 1.82) is 0 Å². The van der Waals surface area contributed by atoms with E-state index in [1.54, 1.807) is 24.3 Å². The van der Waals surface area contributed by atoms with Gasteiger partial charge in [0.2, 0.25) is 0 Å². The number of ether oxygens (including phenoxy) is 1. The third-order valence-electron chi connectivity index (χ3n) is 2.33. The zero-order valence-corrected chi connectivity index (χ0v) is 11.2.